The van der Waals surface area contributed by atoms with Crippen molar-refractivity contribution in [2.24, 2.45) is 0 Å². The summed E-state index contributed by atoms with van der Waals surface area (Å²) in [6.45, 7) is 18.2. The summed E-state index contributed by atoms with van der Waals surface area (Å²) < 4.78 is 7.22. The second-order valence-electron chi connectivity index (χ2n) is 9.74. The lowest BCUT2D eigenvalue weighted by Gasteiger charge is -2.51. The second-order valence-corrected chi connectivity index (χ2v) is 14.0. The minimum atomic E-state index is -2.50. The van der Waals surface area contributed by atoms with E-state index < -0.39 is 8.32 Å². The van der Waals surface area contributed by atoms with Crippen molar-refractivity contribution in [3.63, 3.8) is 0 Å². The Hall–Kier alpha value is -2.71. The van der Waals surface area contributed by atoms with Crippen molar-refractivity contribution in [2.45, 2.75) is 44.9 Å². The number of likely N-dealkylation sites (tertiary alicyclic amines) is 1. The predicted molar refractivity (Wildman–Crippen MR) is 135 cm³/mol. The third-order valence-corrected chi connectivity index (χ3v) is 11.8. The van der Waals surface area contributed by atoms with Crippen molar-refractivity contribution >= 4 is 24.4 Å². The largest absolute Gasteiger partial charge is 0.402 e. The molecule has 0 N–H and O–H groups in total. The van der Waals surface area contributed by atoms with Gasteiger partial charge >= 0.3 is 0 Å². The highest BCUT2D eigenvalue weighted by Gasteiger charge is 2.52. The summed E-state index contributed by atoms with van der Waals surface area (Å²) in [5.74, 6) is 0. The molecule has 1 fully saturated rings. The van der Waals surface area contributed by atoms with E-state index >= 15 is 0 Å². The summed E-state index contributed by atoms with van der Waals surface area (Å²) in [6.07, 6.45) is 0.214. The van der Waals surface area contributed by atoms with Crippen LogP contribution >= 0.6 is 0 Å². The first-order chi connectivity index (χ1) is 15.3. The number of hydrogen-bond acceptors (Lipinski definition) is 2. The zero-order chi connectivity index (χ0) is 22.8. The lowest BCUT2D eigenvalue weighted by Crippen LogP contribution is -2.70. The average Bonchev–Trinajstić information content (AvgIpc) is 2.78. The average molecular weight is 441 g/mol. The van der Waals surface area contributed by atoms with Crippen LogP contribution in [0.5, 0.6) is 0 Å². The van der Waals surface area contributed by atoms with Crippen LogP contribution in [0.15, 0.2) is 84.9 Å². The maximum Gasteiger partial charge on any atom is 0.261 e. The summed E-state index contributed by atoms with van der Waals surface area (Å²) in [5.41, 5.74) is 1.94. The van der Waals surface area contributed by atoms with Crippen molar-refractivity contribution < 1.29 is 4.43 Å². The molecule has 4 rings (SSSR count). The maximum absolute atomic E-state index is 7.22. The summed E-state index contributed by atoms with van der Waals surface area (Å²) in [4.78, 5) is 5.97. The Kier molecular flexibility index (Phi) is 6.35. The normalized spacial score (nSPS) is 16.2. The molecule has 1 unspecified atom stereocenters. The third-order valence-electron chi connectivity index (χ3n) is 6.69. The maximum atomic E-state index is 7.22. The smallest absolute Gasteiger partial charge is 0.261 e. The van der Waals surface area contributed by atoms with E-state index in [9.17, 15) is 0 Å². The minimum Gasteiger partial charge on any atom is -0.402 e. The van der Waals surface area contributed by atoms with E-state index in [0.29, 0.717) is 11.7 Å². The third kappa shape index (κ3) is 4.16. The van der Waals surface area contributed by atoms with Gasteiger partial charge in [-0.15, -0.1) is 0 Å². The van der Waals surface area contributed by atoms with E-state index in [1.807, 2.05) is 12.1 Å². The Labute approximate surface area is 193 Å². The van der Waals surface area contributed by atoms with E-state index in [1.54, 1.807) is 0 Å². The molecular formula is C28H32N2OSi. The van der Waals surface area contributed by atoms with Crippen molar-refractivity contribution in [2.75, 3.05) is 13.1 Å². The molecule has 0 bridgehead atoms. The van der Waals surface area contributed by atoms with Crippen LogP contribution in [0.4, 0.5) is 5.69 Å². The van der Waals surface area contributed by atoms with Crippen LogP contribution in [0.25, 0.3) is 4.85 Å². The molecule has 0 amide bonds. The van der Waals surface area contributed by atoms with Crippen molar-refractivity contribution in [3.05, 3.63) is 102 Å². The first-order valence-corrected chi connectivity index (χ1v) is 13.3. The molecular weight excluding hydrogens is 408 g/mol. The van der Waals surface area contributed by atoms with E-state index in [0.717, 1.165) is 13.1 Å². The molecule has 0 spiro atoms. The molecule has 4 heteroatoms. The first-order valence-electron chi connectivity index (χ1n) is 11.4. The van der Waals surface area contributed by atoms with Crippen LogP contribution in [0.1, 0.15) is 39.3 Å². The summed E-state index contributed by atoms with van der Waals surface area (Å²) in [6, 6.07) is 30.0. The fraction of sp³-hybridized carbons (Fsp3) is 0.321. The molecule has 164 valence electrons. The Morgan fingerprint density at radius 3 is 1.81 bits per heavy atom. The van der Waals surface area contributed by atoms with Crippen LogP contribution in [-0.2, 0) is 4.43 Å². The van der Waals surface area contributed by atoms with E-state index in [4.69, 9.17) is 11.0 Å². The molecule has 0 aromatic heterocycles. The Morgan fingerprint density at radius 1 is 0.875 bits per heavy atom. The van der Waals surface area contributed by atoms with Crippen molar-refractivity contribution in [1.82, 2.24) is 4.90 Å². The second kappa shape index (κ2) is 9.03. The lowest BCUT2D eigenvalue weighted by atomic mass is 10.0. The predicted octanol–water partition coefficient (Wildman–Crippen LogP) is 5.56. The minimum absolute atomic E-state index is 0.00265. The van der Waals surface area contributed by atoms with Gasteiger partial charge in [0.05, 0.1) is 12.7 Å². The number of hydrogen-bond donors (Lipinski definition) is 0. The summed E-state index contributed by atoms with van der Waals surface area (Å²) in [5, 5.41) is 2.66. The van der Waals surface area contributed by atoms with Crippen molar-refractivity contribution in [3.8, 4) is 0 Å². The van der Waals surface area contributed by atoms with Gasteiger partial charge in [0, 0.05) is 19.1 Å². The van der Waals surface area contributed by atoms with Gasteiger partial charge in [-0.2, -0.15) is 0 Å². The van der Waals surface area contributed by atoms with Crippen LogP contribution < -0.4 is 10.4 Å². The van der Waals surface area contributed by atoms with Gasteiger partial charge in [0.15, 0.2) is 5.69 Å². The van der Waals surface area contributed by atoms with Gasteiger partial charge < -0.3 is 4.43 Å². The highest BCUT2D eigenvalue weighted by Crippen LogP contribution is 2.39. The quantitative estimate of drug-likeness (QED) is 0.369. The zero-order valence-electron chi connectivity index (χ0n) is 19.5. The van der Waals surface area contributed by atoms with Crippen LogP contribution in [0, 0.1) is 6.57 Å². The monoisotopic (exact) mass is 440 g/mol. The van der Waals surface area contributed by atoms with Gasteiger partial charge in [-0.1, -0.05) is 106 Å². The summed E-state index contributed by atoms with van der Waals surface area (Å²) >= 11 is 0. The molecule has 0 radical (unpaired) electrons. The standard InChI is InChI=1S/C28H32N2OSi/c1-22(23-16-18-24(29-5)19-17-23)30-20-25(21-30)31-32(28(2,3)4,26-12-8-6-9-13-26)27-14-10-7-11-15-27/h6-19,22,25H,20-21H2,1-4H3. The van der Waals surface area contributed by atoms with Crippen molar-refractivity contribution in [1.29, 1.82) is 0 Å². The van der Waals surface area contributed by atoms with E-state index in [2.05, 4.69) is 110 Å². The number of benzene rings is 3. The Morgan fingerprint density at radius 2 is 1.38 bits per heavy atom. The van der Waals surface area contributed by atoms with E-state index in [-0.39, 0.29) is 11.1 Å². The molecule has 3 aromatic carbocycles. The van der Waals surface area contributed by atoms with Gasteiger partial charge in [0.25, 0.3) is 8.32 Å². The highest BCUT2D eigenvalue weighted by molar-refractivity contribution is 6.99. The molecule has 3 aromatic rings. The molecule has 32 heavy (non-hydrogen) atoms. The lowest BCUT2D eigenvalue weighted by molar-refractivity contribution is -0.0109. The Balaban J connectivity index is 1.59. The fourth-order valence-corrected chi connectivity index (χ4v) is 9.50. The zero-order valence-corrected chi connectivity index (χ0v) is 20.5. The van der Waals surface area contributed by atoms with Gasteiger partial charge in [-0.25, -0.2) is 4.85 Å². The van der Waals surface area contributed by atoms with Gasteiger partial charge in [-0.05, 0) is 27.9 Å². The van der Waals surface area contributed by atoms with Gasteiger partial charge in [0.1, 0.15) is 0 Å². The molecule has 1 heterocycles. The SMILES string of the molecule is [C-]#[N+]c1ccc(C(C)N2CC(O[Si](c3ccccc3)(c3ccccc3)C(C)(C)C)C2)cc1. The molecule has 0 saturated carbocycles. The number of nitrogens with zero attached hydrogens (tertiary/aromatic N) is 2. The highest BCUT2D eigenvalue weighted by atomic mass is 28.4. The fourth-order valence-electron chi connectivity index (χ4n) is 4.84. The van der Waals surface area contributed by atoms with Crippen LogP contribution in [0.3, 0.4) is 0 Å². The molecule has 1 aliphatic heterocycles. The topological polar surface area (TPSA) is 16.8 Å². The van der Waals surface area contributed by atoms with E-state index in [1.165, 1.54) is 15.9 Å². The summed E-state index contributed by atoms with van der Waals surface area (Å²) in [7, 11) is -2.50. The van der Waals surface area contributed by atoms with Crippen LogP contribution in [-0.4, -0.2) is 32.4 Å². The molecule has 0 aliphatic carbocycles. The first kappa shape index (κ1) is 22.5. The van der Waals surface area contributed by atoms with Crippen LogP contribution in [0.2, 0.25) is 5.04 Å². The van der Waals surface area contributed by atoms with Gasteiger partial charge in [-0.3, -0.25) is 4.90 Å². The number of rotatable bonds is 6. The molecule has 1 saturated heterocycles. The molecule has 1 aliphatic rings. The molecule has 1 atom stereocenters. The molecule has 3 nitrogen and oxygen atoms in total. The Bertz CT molecular complexity index is 1020. The van der Waals surface area contributed by atoms with Gasteiger partial charge in [0.2, 0.25) is 0 Å².